The van der Waals surface area contributed by atoms with Gasteiger partial charge in [0.15, 0.2) is 0 Å². The zero-order chi connectivity index (χ0) is 10.8. The fraction of sp³-hybridized carbons (Fsp3) is 0.364. The lowest BCUT2D eigenvalue weighted by Crippen LogP contribution is -1.87. The molecule has 0 unspecified atom stereocenters. The van der Waals surface area contributed by atoms with Gasteiger partial charge in [-0.3, -0.25) is 0 Å². The van der Waals surface area contributed by atoms with E-state index in [-0.39, 0.29) is 0 Å². The Kier molecular flexibility index (Phi) is 8.01. The van der Waals surface area contributed by atoms with Crippen LogP contribution in [0.1, 0.15) is 19.4 Å². The third kappa shape index (κ3) is 5.63. The first-order chi connectivity index (χ1) is 6.78. The van der Waals surface area contributed by atoms with Crippen molar-refractivity contribution < 1.29 is 0 Å². The highest BCUT2D eigenvalue weighted by Gasteiger charge is 1.91. The van der Waals surface area contributed by atoms with Crippen LogP contribution in [0.25, 0.3) is 0 Å². The molecule has 0 saturated carbocycles. The molecule has 0 atom stereocenters. The fourth-order valence-corrected chi connectivity index (χ4v) is 1.22. The Labute approximate surface area is 90.1 Å². The molecule has 0 spiro atoms. The fourth-order valence-electron chi connectivity index (χ4n) is 0.846. The van der Waals surface area contributed by atoms with E-state index in [4.69, 9.17) is 11.0 Å². The minimum Gasteiger partial charge on any atom is -0.331 e. The summed E-state index contributed by atoms with van der Waals surface area (Å²) in [6.45, 7) is 4.77. The number of benzene rings is 1. The third-order valence-electron chi connectivity index (χ3n) is 1.50. The molecule has 2 nitrogen and oxygen atoms in total. The van der Waals surface area contributed by atoms with Crippen molar-refractivity contribution in [2.75, 3.05) is 6.54 Å². The van der Waals surface area contributed by atoms with E-state index in [0.29, 0.717) is 0 Å². The first-order valence-electron chi connectivity index (χ1n) is 4.63. The van der Waals surface area contributed by atoms with E-state index >= 15 is 0 Å². The molecule has 3 heteroatoms. The van der Waals surface area contributed by atoms with Crippen LogP contribution in [0.2, 0.25) is 0 Å². The van der Waals surface area contributed by atoms with Gasteiger partial charge in [-0.25, -0.2) is 0 Å². The predicted octanol–water partition coefficient (Wildman–Crippen LogP) is 2.79. The molecule has 1 aromatic carbocycles. The number of hydrogen-bond acceptors (Lipinski definition) is 3. The number of thioether (sulfide) groups is 1. The van der Waals surface area contributed by atoms with Gasteiger partial charge in [0.1, 0.15) is 5.40 Å². The molecule has 0 aliphatic heterocycles. The molecule has 0 aliphatic rings. The topological polar surface area (TPSA) is 49.8 Å². The molecule has 0 radical (unpaired) electrons. The molecule has 0 aliphatic carbocycles. The largest absolute Gasteiger partial charge is 0.331 e. The highest BCUT2D eigenvalue weighted by atomic mass is 32.2. The van der Waals surface area contributed by atoms with Crippen LogP contribution in [-0.2, 0) is 6.42 Å². The second kappa shape index (κ2) is 8.61. The Balaban J connectivity index is 0.000000500. The minimum atomic E-state index is 0.750. The van der Waals surface area contributed by atoms with Gasteiger partial charge in [0.2, 0.25) is 0 Å². The highest BCUT2D eigenvalue weighted by molar-refractivity contribution is 8.03. The number of hydrogen-bond donors (Lipinski definition) is 1. The molecule has 0 saturated heterocycles. The zero-order valence-corrected chi connectivity index (χ0v) is 9.47. The molecule has 1 aromatic rings. The van der Waals surface area contributed by atoms with Gasteiger partial charge < -0.3 is 5.73 Å². The molecule has 0 heterocycles. The lowest BCUT2D eigenvalue weighted by Gasteiger charge is -1.95. The summed E-state index contributed by atoms with van der Waals surface area (Å²) in [6.07, 6.45) is 1.05. The van der Waals surface area contributed by atoms with Crippen LogP contribution in [0.15, 0.2) is 29.2 Å². The molecular weight excluding hydrogens is 192 g/mol. The average molecular weight is 208 g/mol. The SMILES string of the molecule is CCN.CCc1ccc(SC#N)cc1. The summed E-state index contributed by atoms with van der Waals surface area (Å²) in [5, 5.41) is 10.4. The van der Waals surface area contributed by atoms with Crippen molar-refractivity contribution in [3.8, 4) is 5.40 Å². The quantitative estimate of drug-likeness (QED) is 0.600. The molecule has 0 fully saturated rings. The van der Waals surface area contributed by atoms with Crippen LogP contribution in [0, 0.1) is 10.7 Å². The van der Waals surface area contributed by atoms with E-state index in [2.05, 4.69) is 19.1 Å². The Morgan fingerprint density at radius 1 is 1.29 bits per heavy atom. The molecule has 0 amide bonds. The van der Waals surface area contributed by atoms with E-state index in [0.717, 1.165) is 17.9 Å². The summed E-state index contributed by atoms with van der Waals surface area (Å²) in [5.41, 5.74) is 6.16. The maximum Gasteiger partial charge on any atom is 0.138 e. The Morgan fingerprint density at radius 3 is 2.14 bits per heavy atom. The van der Waals surface area contributed by atoms with Gasteiger partial charge in [0.25, 0.3) is 0 Å². The molecule has 76 valence electrons. The van der Waals surface area contributed by atoms with Crippen molar-refractivity contribution in [2.24, 2.45) is 5.73 Å². The monoisotopic (exact) mass is 208 g/mol. The Morgan fingerprint density at radius 2 is 1.79 bits per heavy atom. The first-order valence-corrected chi connectivity index (χ1v) is 5.45. The summed E-state index contributed by atoms with van der Waals surface area (Å²) < 4.78 is 0. The molecule has 2 N–H and O–H groups in total. The zero-order valence-electron chi connectivity index (χ0n) is 8.66. The van der Waals surface area contributed by atoms with E-state index in [1.165, 1.54) is 17.3 Å². The van der Waals surface area contributed by atoms with Crippen LogP contribution in [0.3, 0.4) is 0 Å². The van der Waals surface area contributed by atoms with E-state index in [1.54, 1.807) is 0 Å². The molecular formula is C11H16N2S. The normalized spacial score (nSPS) is 8.43. The van der Waals surface area contributed by atoms with E-state index in [9.17, 15) is 0 Å². The Bertz CT molecular complexity index is 274. The smallest absolute Gasteiger partial charge is 0.138 e. The molecule has 1 rings (SSSR count). The maximum absolute atomic E-state index is 8.36. The predicted molar refractivity (Wildman–Crippen MR) is 62.0 cm³/mol. The molecule has 0 bridgehead atoms. The number of aryl methyl sites for hydroxylation is 1. The third-order valence-corrected chi connectivity index (χ3v) is 2.09. The van der Waals surface area contributed by atoms with Crippen molar-refractivity contribution in [2.45, 2.75) is 25.2 Å². The number of nitrogens with two attached hydrogens (primary N) is 1. The number of thiocyanates is 1. The lowest BCUT2D eigenvalue weighted by molar-refractivity contribution is 1.13. The average Bonchev–Trinajstić information content (AvgIpc) is 2.21. The van der Waals surface area contributed by atoms with Crippen molar-refractivity contribution in [1.82, 2.24) is 0 Å². The number of nitriles is 1. The Hall–Kier alpha value is -0.980. The van der Waals surface area contributed by atoms with E-state index in [1.807, 2.05) is 24.5 Å². The van der Waals surface area contributed by atoms with Crippen LogP contribution in [0.5, 0.6) is 0 Å². The van der Waals surface area contributed by atoms with Crippen molar-refractivity contribution in [3.05, 3.63) is 29.8 Å². The summed E-state index contributed by atoms with van der Waals surface area (Å²) in [4.78, 5) is 1.02. The van der Waals surface area contributed by atoms with Gasteiger partial charge in [-0.2, -0.15) is 5.26 Å². The van der Waals surface area contributed by atoms with Crippen LogP contribution < -0.4 is 5.73 Å². The first kappa shape index (κ1) is 13.0. The second-order valence-electron chi connectivity index (χ2n) is 2.60. The molecule has 14 heavy (non-hydrogen) atoms. The second-order valence-corrected chi connectivity index (χ2v) is 3.46. The minimum absolute atomic E-state index is 0.750. The summed E-state index contributed by atoms with van der Waals surface area (Å²) in [5.74, 6) is 0. The van der Waals surface area contributed by atoms with Crippen molar-refractivity contribution >= 4 is 11.8 Å². The number of nitrogens with zero attached hydrogens (tertiary/aromatic N) is 1. The standard InChI is InChI=1S/C9H9NS.C2H7N/c1-2-8-3-5-9(6-4-8)11-7-10;1-2-3/h3-6H,2H2,1H3;2-3H2,1H3. The highest BCUT2D eigenvalue weighted by Crippen LogP contribution is 2.16. The van der Waals surface area contributed by atoms with Crippen molar-refractivity contribution in [1.29, 1.82) is 5.26 Å². The van der Waals surface area contributed by atoms with Gasteiger partial charge in [0, 0.05) is 4.90 Å². The van der Waals surface area contributed by atoms with E-state index < -0.39 is 0 Å². The van der Waals surface area contributed by atoms with Crippen LogP contribution in [0.4, 0.5) is 0 Å². The van der Waals surface area contributed by atoms with Crippen molar-refractivity contribution in [3.63, 3.8) is 0 Å². The summed E-state index contributed by atoms with van der Waals surface area (Å²) in [7, 11) is 0. The van der Waals surface area contributed by atoms with Gasteiger partial charge in [-0.15, -0.1) is 0 Å². The number of rotatable bonds is 2. The van der Waals surface area contributed by atoms with Crippen LogP contribution >= 0.6 is 11.8 Å². The van der Waals surface area contributed by atoms with Crippen LogP contribution in [-0.4, -0.2) is 6.54 Å². The molecule has 0 aromatic heterocycles. The summed E-state index contributed by atoms with van der Waals surface area (Å²) >= 11 is 1.20. The van der Waals surface area contributed by atoms with Gasteiger partial charge in [0.05, 0.1) is 0 Å². The van der Waals surface area contributed by atoms with Gasteiger partial charge in [-0.05, 0) is 42.4 Å². The lowest BCUT2D eigenvalue weighted by atomic mass is 10.2. The summed E-state index contributed by atoms with van der Waals surface area (Å²) in [6, 6.07) is 8.07. The maximum atomic E-state index is 8.36. The van der Waals surface area contributed by atoms with Gasteiger partial charge >= 0.3 is 0 Å². The van der Waals surface area contributed by atoms with Gasteiger partial charge in [-0.1, -0.05) is 26.0 Å².